The number of carbonyl (C=O) groups is 1. The maximum absolute atomic E-state index is 15.9. The summed E-state index contributed by atoms with van der Waals surface area (Å²) in [5, 5.41) is 9.71. The largest absolute Gasteiger partial charge is 0.375 e. The molecule has 1 saturated heterocycles. The number of thiazole rings is 1. The number of amides is 1. The van der Waals surface area contributed by atoms with Crippen LogP contribution in [0.3, 0.4) is 0 Å². The minimum atomic E-state index is -0.798. The van der Waals surface area contributed by atoms with Crippen molar-refractivity contribution in [2.24, 2.45) is 9.98 Å². The second-order valence-corrected chi connectivity index (χ2v) is 9.00. The number of hydrogen-bond donors (Lipinski definition) is 2. The fourth-order valence-corrected chi connectivity index (χ4v) is 5.12. The van der Waals surface area contributed by atoms with E-state index in [1.165, 1.54) is 24.3 Å². The van der Waals surface area contributed by atoms with Gasteiger partial charge in [-0.1, -0.05) is 29.5 Å². The van der Waals surface area contributed by atoms with Crippen molar-refractivity contribution in [3.05, 3.63) is 53.1 Å². The molecule has 4 rings (SSSR count). The van der Waals surface area contributed by atoms with Crippen molar-refractivity contribution in [3.8, 4) is 11.1 Å². The second kappa shape index (κ2) is 10.1. The highest BCUT2D eigenvalue weighted by Crippen LogP contribution is 2.43. The molecule has 2 heterocycles. The lowest BCUT2D eigenvalue weighted by atomic mass is 9.99. The van der Waals surface area contributed by atoms with Gasteiger partial charge in [0.25, 0.3) is 0 Å². The summed E-state index contributed by atoms with van der Waals surface area (Å²) in [4.78, 5) is 27.5. The van der Waals surface area contributed by atoms with Crippen LogP contribution >= 0.6 is 22.9 Å². The van der Waals surface area contributed by atoms with Gasteiger partial charge in [0.15, 0.2) is 10.9 Å². The van der Waals surface area contributed by atoms with Crippen LogP contribution in [0.1, 0.15) is 5.56 Å². The molecule has 0 atom stereocenters. The third kappa shape index (κ3) is 4.49. The van der Waals surface area contributed by atoms with Gasteiger partial charge in [0.1, 0.15) is 24.1 Å². The monoisotopic (exact) mass is 518 g/mol. The predicted molar refractivity (Wildman–Crippen MR) is 136 cm³/mol. The fourth-order valence-electron chi connectivity index (χ4n) is 4.06. The van der Waals surface area contributed by atoms with Crippen molar-refractivity contribution in [3.63, 3.8) is 0 Å². The van der Waals surface area contributed by atoms with Crippen LogP contribution in [0, 0.1) is 11.6 Å². The van der Waals surface area contributed by atoms with Gasteiger partial charge in [0.05, 0.1) is 15.2 Å². The smallest absolute Gasteiger partial charge is 0.246 e. The molecule has 0 unspecified atom stereocenters. The normalized spacial score (nSPS) is 14.5. The van der Waals surface area contributed by atoms with Gasteiger partial charge in [-0.05, 0) is 31.0 Å². The molecule has 1 aliphatic rings. The number of nitrogen functional groups attached to an aromatic ring is 1. The van der Waals surface area contributed by atoms with E-state index in [2.05, 4.69) is 28.3 Å². The summed E-state index contributed by atoms with van der Waals surface area (Å²) >= 11 is 7.51. The maximum atomic E-state index is 15.9. The second-order valence-electron chi connectivity index (χ2n) is 7.57. The molecule has 1 aliphatic heterocycles. The van der Waals surface area contributed by atoms with Crippen LogP contribution in [-0.4, -0.2) is 71.3 Å². The van der Waals surface area contributed by atoms with Crippen LogP contribution in [0.4, 0.5) is 19.6 Å². The number of piperazine rings is 1. The number of carbonyl (C=O) groups excluding carboxylic acids is 1. The summed E-state index contributed by atoms with van der Waals surface area (Å²) in [5.41, 5.74) is 6.26. The van der Waals surface area contributed by atoms with E-state index in [4.69, 9.17) is 17.3 Å². The lowest BCUT2D eigenvalue weighted by Crippen LogP contribution is -2.50. The molecule has 8 nitrogen and oxygen atoms in total. The molecule has 12 heteroatoms. The molecule has 1 aromatic heterocycles. The molecule has 35 heavy (non-hydrogen) atoms. The van der Waals surface area contributed by atoms with E-state index in [1.807, 2.05) is 0 Å². The highest BCUT2D eigenvalue weighted by Gasteiger charge is 2.28. The van der Waals surface area contributed by atoms with Crippen molar-refractivity contribution < 1.29 is 18.7 Å². The number of benzene rings is 2. The number of aromatic nitrogens is 1. The van der Waals surface area contributed by atoms with E-state index in [-0.39, 0.29) is 54.5 Å². The molecule has 0 aliphatic carbocycles. The average Bonchev–Trinajstić information content (AvgIpc) is 3.25. The van der Waals surface area contributed by atoms with Crippen LogP contribution in [0.5, 0.6) is 0 Å². The SMILES string of the molecule is C=CC(=O)N1CCN(/C(=N/CO)c2cc(Cl)c(-c3ccc(F)c4sc(N)nc34)c(F)c2N=C)CC1. The third-order valence-corrected chi connectivity index (χ3v) is 6.85. The minimum absolute atomic E-state index is 0.00971. The minimum Gasteiger partial charge on any atom is -0.375 e. The third-order valence-electron chi connectivity index (χ3n) is 5.66. The van der Waals surface area contributed by atoms with Crippen LogP contribution in [0.25, 0.3) is 21.3 Å². The molecule has 0 radical (unpaired) electrons. The number of hydrogen-bond acceptors (Lipinski definition) is 7. The number of nitrogens with zero attached hydrogens (tertiary/aromatic N) is 5. The first-order chi connectivity index (χ1) is 16.8. The Kier molecular flexibility index (Phi) is 7.10. The molecule has 1 fully saturated rings. The lowest BCUT2D eigenvalue weighted by molar-refractivity contribution is -0.127. The Balaban J connectivity index is 1.81. The number of fused-ring (bicyclic) bond motifs is 1. The average molecular weight is 519 g/mol. The van der Waals surface area contributed by atoms with E-state index in [0.717, 1.165) is 11.3 Å². The molecule has 3 aromatic rings. The van der Waals surface area contributed by atoms with Crippen molar-refractivity contribution in [2.45, 2.75) is 0 Å². The number of amidine groups is 1. The van der Waals surface area contributed by atoms with Crippen LogP contribution < -0.4 is 5.73 Å². The van der Waals surface area contributed by atoms with E-state index >= 15 is 4.39 Å². The van der Waals surface area contributed by atoms with Gasteiger partial charge in [-0.15, -0.1) is 0 Å². The Morgan fingerprint density at radius 3 is 2.60 bits per heavy atom. The molecule has 0 spiro atoms. The first kappa shape index (κ1) is 24.7. The quantitative estimate of drug-likeness (QED) is 0.303. The van der Waals surface area contributed by atoms with Gasteiger partial charge in [0.2, 0.25) is 5.91 Å². The summed E-state index contributed by atoms with van der Waals surface area (Å²) in [6.07, 6.45) is 1.24. The zero-order valence-electron chi connectivity index (χ0n) is 18.5. The summed E-state index contributed by atoms with van der Waals surface area (Å²) in [5.74, 6) is -1.26. The van der Waals surface area contributed by atoms with E-state index in [9.17, 15) is 14.3 Å². The topological polar surface area (TPSA) is 107 Å². The van der Waals surface area contributed by atoms with Crippen molar-refractivity contribution in [1.82, 2.24) is 14.8 Å². The molecule has 2 aromatic carbocycles. The van der Waals surface area contributed by atoms with Crippen LogP contribution in [0.15, 0.2) is 40.8 Å². The molecule has 0 bridgehead atoms. The molecular formula is C23H21ClF2N6O2S. The summed E-state index contributed by atoms with van der Waals surface area (Å²) in [6.45, 7) is 7.98. The van der Waals surface area contributed by atoms with Crippen LogP contribution in [0.2, 0.25) is 5.02 Å². The molecular weight excluding hydrogens is 498 g/mol. The van der Waals surface area contributed by atoms with Crippen molar-refractivity contribution in [2.75, 3.05) is 38.6 Å². The van der Waals surface area contributed by atoms with Crippen molar-refractivity contribution in [1.29, 1.82) is 0 Å². The summed E-state index contributed by atoms with van der Waals surface area (Å²) < 4.78 is 30.4. The zero-order valence-corrected chi connectivity index (χ0v) is 20.0. The molecule has 1 amide bonds. The fraction of sp³-hybridized carbons (Fsp3) is 0.217. The van der Waals surface area contributed by atoms with Gasteiger partial charge < -0.3 is 20.6 Å². The Bertz CT molecular complexity index is 1370. The number of halogens is 3. The van der Waals surface area contributed by atoms with E-state index < -0.39 is 18.4 Å². The molecule has 182 valence electrons. The first-order valence-electron chi connectivity index (χ1n) is 10.5. The number of anilines is 1. The van der Waals surface area contributed by atoms with Crippen LogP contribution in [-0.2, 0) is 4.79 Å². The van der Waals surface area contributed by atoms with E-state index in [1.54, 1.807) is 9.80 Å². The van der Waals surface area contributed by atoms with Gasteiger partial charge in [0, 0.05) is 42.9 Å². The Morgan fingerprint density at radius 1 is 1.29 bits per heavy atom. The highest BCUT2D eigenvalue weighted by molar-refractivity contribution is 7.22. The maximum Gasteiger partial charge on any atom is 0.246 e. The van der Waals surface area contributed by atoms with Gasteiger partial charge >= 0.3 is 0 Å². The highest BCUT2D eigenvalue weighted by atomic mass is 35.5. The van der Waals surface area contributed by atoms with E-state index in [0.29, 0.717) is 26.2 Å². The van der Waals surface area contributed by atoms with Gasteiger partial charge in [-0.3, -0.25) is 9.79 Å². The summed E-state index contributed by atoms with van der Waals surface area (Å²) in [6, 6.07) is 4.06. The van der Waals surface area contributed by atoms with Gasteiger partial charge in [-0.2, -0.15) is 0 Å². The lowest BCUT2D eigenvalue weighted by Gasteiger charge is -2.36. The Labute approximate surface area is 208 Å². The number of nitrogens with two attached hydrogens (primary N) is 1. The molecule has 3 N–H and O–H groups in total. The number of aliphatic hydroxyl groups excluding tert-OH is 1. The first-order valence-corrected chi connectivity index (χ1v) is 11.7. The molecule has 0 saturated carbocycles. The predicted octanol–water partition coefficient (Wildman–Crippen LogP) is 3.84. The number of rotatable bonds is 5. The number of aliphatic imine (C=N–C) groups is 2. The van der Waals surface area contributed by atoms with Crippen molar-refractivity contribution >= 4 is 62.4 Å². The number of aliphatic hydroxyl groups is 1. The van der Waals surface area contributed by atoms with Gasteiger partial charge in [-0.25, -0.2) is 18.8 Å². The Hall–Kier alpha value is -3.41. The zero-order chi connectivity index (χ0) is 25.3. The Morgan fingerprint density at radius 2 is 1.97 bits per heavy atom. The summed E-state index contributed by atoms with van der Waals surface area (Å²) in [7, 11) is 0. The standard InChI is InChI=1S/C23H21ClF2N6O2S/c1-3-16(34)31-6-8-32(9-7-31)22(29-11-33)13-10-14(24)17(18(26)19(13)28-2)12-4-5-15(25)21-20(12)30-23(27)35-21/h3-5,10,33H,1-2,6-9,11H2,(H2,27,30)/b29-22+.